The van der Waals surface area contributed by atoms with Crippen molar-refractivity contribution in [1.82, 2.24) is 14.8 Å². The van der Waals surface area contributed by atoms with Crippen molar-refractivity contribution in [3.05, 3.63) is 48.0 Å². The summed E-state index contributed by atoms with van der Waals surface area (Å²) in [6, 6.07) is 6.11. The minimum Gasteiger partial charge on any atom is -0.268 e. The summed E-state index contributed by atoms with van der Waals surface area (Å²) in [6.07, 6.45) is 5.65. The van der Waals surface area contributed by atoms with E-state index in [9.17, 15) is 0 Å². The Labute approximate surface area is 96.1 Å². The van der Waals surface area contributed by atoms with E-state index >= 15 is 0 Å². The second-order valence-corrected chi connectivity index (χ2v) is 5.00. The SMILES string of the molecule is CC(C)(C)c1ccn(Cc2ccncc2)n1. The molecule has 2 aromatic heterocycles. The summed E-state index contributed by atoms with van der Waals surface area (Å²) in [5.41, 5.74) is 2.46. The first-order chi connectivity index (χ1) is 7.55. The van der Waals surface area contributed by atoms with Crippen molar-refractivity contribution in [1.29, 1.82) is 0 Å². The van der Waals surface area contributed by atoms with Gasteiger partial charge in [0.25, 0.3) is 0 Å². The number of aromatic nitrogens is 3. The van der Waals surface area contributed by atoms with Crippen molar-refractivity contribution in [3.8, 4) is 0 Å². The van der Waals surface area contributed by atoms with Crippen LogP contribution in [0.5, 0.6) is 0 Å². The van der Waals surface area contributed by atoms with Crippen molar-refractivity contribution >= 4 is 0 Å². The quantitative estimate of drug-likeness (QED) is 0.771. The van der Waals surface area contributed by atoms with Gasteiger partial charge in [-0.3, -0.25) is 9.67 Å². The average molecular weight is 215 g/mol. The van der Waals surface area contributed by atoms with E-state index in [1.807, 2.05) is 35.4 Å². The van der Waals surface area contributed by atoms with E-state index < -0.39 is 0 Å². The zero-order valence-corrected chi connectivity index (χ0v) is 10.0. The van der Waals surface area contributed by atoms with Crippen LogP contribution in [0, 0.1) is 0 Å². The number of rotatable bonds is 2. The van der Waals surface area contributed by atoms with Gasteiger partial charge in [0.2, 0.25) is 0 Å². The van der Waals surface area contributed by atoms with Crippen LogP contribution < -0.4 is 0 Å². The molecule has 3 nitrogen and oxygen atoms in total. The Kier molecular flexibility index (Phi) is 2.77. The maximum Gasteiger partial charge on any atom is 0.0678 e. The molecule has 0 radical (unpaired) electrons. The highest BCUT2D eigenvalue weighted by Crippen LogP contribution is 2.19. The van der Waals surface area contributed by atoms with Gasteiger partial charge in [-0.1, -0.05) is 20.8 Å². The van der Waals surface area contributed by atoms with Gasteiger partial charge in [0, 0.05) is 24.0 Å². The Balaban J connectivity index is 2.15. The van der Waals surface area contributed by atoms with Crippen molar-refractivity contribution in [2.45, 2.75) is 32.7 Å². The maximum absolute atomic E-state index is 4.57. The van der Waals surface area contributed by atoms with Crippen LogP contribution in [-0.2, 0) is 12.0 Å². The Morgan fingerprint density at radius 1 is 1.12 bits per heavy atom. The number of pyridine rings is 1. The fourth-order valence-corrected chi connectivity index (χ4v) is 1.53. The van der Waals surface area contributed by atoms with E-state index in [4.69, 9.17) is 0 Å². The predicted molar refractivity (Wildman–Crippen MR) is 64.3 cm³/mol. The summed E-state index contributed by atoms with van der Waals surface area (Å²) in [5.74, 6) is 0. The molecular formula is C13H17N3. The first kappa shape index (κ1) is 10.9. The lowest BCUT2D eigenvalue weighted by Crippen LogP contribution is -2.13. The molecule has 0 bridgehead atoms. The Hall–Kier alpha value is -1.64. The third kappa shape index (κ3) is 2.48. The summed E-state index contributed by atoms with van der Waals surface area (Å²) in [7, 11) is 0. The second-order valence-electron chi connectivity index (χ2n) is 5.00. The number of nitrogens with zero attached hydrogens (tertiary/aromatic N) is 3. The highest BCUT2D eigenvalue weighted by molar-refractivity contribution is 5.13. The first-order valence-electron chi connectivity index (χ1n) is 5.48. The zero-order chi connectivity index (χ0) is 11.6. The predicted octanol–water partition coefficient (Wildman–Crippen LogP) is 2.62. The summed E-state index contributed by atoms with van der Waals surface area (Å²) in [6.45, 7) is 7.32. The maximum atomic E-state index is 4.57. The van der Waals surface area contributed by atoms with E-state index in [1.54, 1.807) is 0 Å². The van der Waals surface area contributed by atoms with Crippen LogP contribution in [-0.4, -0.2) is 14.8 Å². The topological polar surface area (TPSA) is 30.7 Å². The molecule has 0 saturated heterocycles. The molecule has 2 rings (SSSR count). The molecule has 0 N–H and O–H groups in total. The van der Waals surface area contributed by atoms with Gasteiger partial charge in [-0.05, 0) is 23.8 Å². The monoisotopic (exact) mass is 215 g/mol. The first-order valence-corrected chi connectivity index (χ1v) is 5.48. The minimum absolute atomic E-state index is 0.115. The van der Waals surface area contributed by atoms with Crippen LogP contribution in [0.25, 0.3) is 0 Å². The van der Waals surface area contributed by atoms with Gasteiger partial charge in [-0.25, -0.2) is 0 Å². The lowest BCUT2D eigenvalue weighted by molar-refractivity contribution is 0.545. The molecule has 0 unspecified atom stereocenters. The molecule has 0 saturated carbocycles. The highest BCUT2D eigenvalue weighted by atomic mass is 15.3. The van der Waals surface area contributed by atoms with Crippen LogP contribution in [0.1, 0.15) is 32.0 Å². The van der Waals surface area contributed by atoms with Gasteiger partial charge in [-0.15, -0.1) is 0 Å². The summed E-state index contributed by atoms with van der Waals surface area (Å²) in [5, 5.41) is 4.57. The molecule has 2 heterocycles. The van der Waals surface area contributed by atoms with Gasteiger partial charge in [0.05, 0.1) is 12.2 Å². The molecule has 0 spiro atoms. The lowest BCUT2D eigenvalue weighted by Gasteiger charge is -2.14. The van der Waals surface area contributed by atoms with E-state index in [-0.39, 0.29) is 5.41 Å². The normalized spacial score (nSPS) is 11.7. The third-order valence-corrected chi connectivity index (χ3v) is 2.50. The van der Waals surface area contributed by atoms with Crippen LogP contribution in [0.4, 0.5) is 0 Å². The summed E-state index contributed by atoms with van der Waals surface area (Å²) >= 11 is 0. The van der Waals surface area contributed by atoms with Gasteiger partial charge in [0.1, 0.15) is 0 Å². The molecule has 0 aliphatic rings. The molecule has 16 heavy (non-hydrogen) atoms. The zero-order valence-electron chi connectivity index (χ0n) is 10.0. The summed E-state index contributed by atoms with van der Waals surface area (Å²) < 4.78 is 1.97. The van der Waals surface area contributed by atoms with Gasteiger partial charge >= 0.3 is 0 Å². The van der Waals surface area contributed by atoms with Crippen molar-refractivity contribution in [2.24, 2.45) is 0 Å². The lowest BCUT2D eigenvalue weighted by atomic mass is 9.93. The molecule has 84 valence electrons. The van der Waals surface area contributed by atoms with Gasteiger partial charge < -0.3 is 0 Å². The van der Waals surface area contributed by atoms with Gasteiger partial charge in [-0.2, -0.15) is 5.10 Å². The van der Waals surface area contributed by atoms with E-state index in [1.165, 1.54) is 5.56 Å². The molecule has 0 fully saturated rings. The minimum atomic E-state index is 0.115. The smallest absolute Gasteiger partial charge is 0.0678 e. The molecule has 0 amide bonds. The van der Waals surface area contributed by atoms with E-state index in [0.29, 0.717) is 0 Å². The van der Waals surface area contributed by atoms with Crippen molar-refractivity contribution in [3.63, 3.8) is 0 Å². The molecule has 0 aliphatic heterocycles. The second kappa shape index (κ2) is 4.08. The largest absolute Gasteiger partial charge is 0.268 e. The van der Waals surface area contributed by atoms with Crippen LogP contribution in [0.3, 0.4) is 0 Å². The standard InChI is InChI=1S/C13H17N3/c1-13(2,3)12-6-9-16(15-12)10-11-4-7-14-8-5-11/h4-9H,10H2,1-3H3. The van der Waals surface area contributed by atoms with Crippen LogP contribution in [0.15, 0.2) is 36.8 Å². The van der Waals surface area contributed by atoms with E-state index in [0.717, 1.165) is 12.2 Å². The van der Waals surface area contributed by atoms with Crippen LogP contribution >= 0.6 is 0 Å². The molecule has 2 aromatic rings. The Bertz CT molecular complexity index is 452. The molecule has 0 aromatic carbocycles. The molecular weight excluding hydrogens is 198 g/mol. The Morgan fingerprint density at radius 3 is 2.38 bits per heavy atom. The highest BCUT2D eigenvalue weighted by Gasteiger charge is 2.16. The molecule has 0 atom stereocenters. The fourth-order valence-electron chi connectivity index (χ4n) is 1.53. The van der Waals surface area contributed by atoms with Crippen LogP contribution in [0.2, 0.25) is 0 Å². The van der Waals surface area contributed by atoms with Gasteiger partial charge in [0.15, 0.2) is 0 Å². The fraction of sp³-hybridized carbons (Fsp3) is 0.385. The molecule has 3 heteroatoms. The molecule has 0 aliphatic carbocycles. The van der Waals surface area contributed by atoms with Crippen molar-refractivity contribution < 1.29 is 0 Å². The van der Waals surface area contributed by atoms with E-state index in [2.05, 4.69) is 36.9 Å². The number of hydrogen-bond acceptors (Lipinski definition) is 2. The summed E-state index contributed by atoms with van der Waals surface area (Å²) in [4.78, 5) is 4.00. The third-order valence-electron chi connectivity index (χ3n) is 2.50. The average Bonchev–Trinajstić information content (AvgIpc) is 2.67. The van der Waals surface area contributed by atoms with Crippen molar-refractivity contribution in [2.75, 3.05) is 0 Å². The Morgan fingerprint density at radius 2 is 1.81 bits per heavy atom. The number of hydrogen-bond donors (Lipinski definition) is 0.